The first kappa shape index (κ1) is 24.4. The molecule has 0 atom stereocenters. The van der Waals surface area contributed by atoms with Gasteiger partial charge in [-0.15, -0.1) is 0 Å². The third-order valence-corrected chi connectivity index (χ3v) is 3.70. The van der Waals surface area contributed by atoms with Crippen LogP contribution in [0.2, 0.25) is 0 Å². The third-order valence-electron chi connectivity index (χ3n) is 3.70. The van der Waals surface area contributed by atoms with Crippen LogP contribution in [0.1, 0.15) is 20.7 Å². The number of rotatable bonds is 6. The van der Waals surface area contributed by atoms with Gasteiger partial charge >= 0.3 is 0 Å². The second-order valence-electron chi connectivity index (χ2n) is 5.54. The molecule has 2 aromatic rings. The summed E-state index contributed by atoms with van der Waals surface area (Å²) in [5, 5.41) is 0. The first-order valence-electron chi connectivity index (χ1n) is 7.41. The van der Waals surface area contributed by atoms with Crippen LogP contribution in [0.5, 0.6) is 0 Å². The molecular weight excluding hydrogens is 474 g/mol. The van der Waals surface area contributed by atoms with Crippen molar-refractivity contribution < 1.29 is 67.9 Å². The smallest absolute Gasteiger partial charge is 0.281 e. The molecule has 15 heteroatoms. The molecule has 0 N–H and O–H groups in total. The lowest BCUT2D eigenvalue weighted by Crippen LogP contribution is -2.36. The molecule has 0 radical (unpaired) electrons. The van der Waals surface area contributed by atoms with Crippen LogP contribution >= 0.6 is 0 Å². The zero-order valence-corrected chi connectivity index (χ0v) is 14.3. The maximum atomic E-state index is 13.6. The predicted octanol–water partition coefficient (Wildman–Crippen LogP) is 2.85. The molecule has 0 aromatic heterocycles. The average molecular weight is 474 g/mol. The van der Waals surface area contributed by atoms with Gasteiger partial charge in [-0.05, 0) is 0 Å². The summed E-state index contributed by atoms with van der Waals surface area (Å²) in [6.45, 7) is 0. The number of benzene rings is 2. The molecule has 168 valence electrons. The predicted molar refractivity (Wildman–Crippen MR) is 76.1 cm³/mol. The van der Waals surface area contributed by atoms with Crippen LogP contribution in [0.15, 0.2) is 0 Å². The molecule has 0 aliphatic carbocycles. The molecule has 0 saturated heterocycles. The molecule has 0 bridgehead atoms. The number of halogens is 10. The van der Waals surface area contributed by atoms with Crippen LogP contribution in [0.25, 0.3) is 0 Å². The van der Waals surface area contributed by atoms with Crippen LogP contribution < -0.4 is 0 Å². The Morgan fingerprint density at radius 3 is 0.719 bits per heavy atom. The number of ketones is 5. The van der Waals surface area contributed by atoms with Crippen molar-refractivity contribution in [2.75, 3.05) is 0 Å². The third kappa shape index (κ3) is 3.54. The van der Waals surface area contributed by atoms with E-state index in [1.807, 2.05) is 0 Å². The summed E-state index contributed by atoms with van der Waals surface area (Å²) in [6, 6.07) is 0. The molecule has 5 nitrogen and oxygen atoms in total. The van der Waals surface area contributed by atoms with Crippen LogP contribution in [0.4, 0.5) is 43.9 Å². The van der Waals surface area contributed by atoms with Gasteiger partial charge in [0.25, 0.3) is 17.3 Å². The highest BCUT2D eigenvalue weighted by Crippen LogP contribution is 2.25. The normalized spacial score (nSPS) is 10.8. The molecule has 2 rings (SSSR count). The maximum Gasteiger partial charge on any atom is 0.281 e. The van der Waals surface area contributed by atoms with Crippen LogP contribution in [0.3, 0.4) is 0 Å². The molecule has 2 aromatic carbocycles. The van der Waals surface area contributed by atoms with Crippen molar-refractivity contribution in [3.05, 3.63) is 69.3 Å². The van der Waals surface area contributed by atoms with Gasteiger partial charge in [0.05, 0.1) is 0 Å². The molecule has 0 saturated carbocycles. The van der Waals surface area contributed by atoms with Gasteiger partial charge in [0.15, 0.2) is 46.5 Å². The van der Waals surface area contributed by atoms with E-state index in [2.05, 4.69) is 0 Å². The molecule has 0 fully saturated rings. The van der Waals surface area contributed by atoms with E-state index in [0.717, 1.165) is 0 Å². The van der Waals surface area contributed by atoms with Gasteiger partial charge < -0.3 is 0 Å². The van der Waals surface area contributed by atoms with E-state index in [4.69, 9.17) is 0 Å². The van der Waals surface area contributed by atoms with Gasteiger partial charge in [-0.1, -0.05) is 0 Å². The number of hydrogen-bond donors (Lipinski definition) is 0. The van der Waals surface area contributed by atoms with E-state index < -0.39 is 98.2 Å². The van der Waals surface area contributed by atoms with E-state index in [-0.39, 0.29) is 0 Å². The molecule has 0 amide bonds. The monoisotopic (exact) mass is 474 g/mol. The van der Waals surface area contributed by atoms with Gasteiger partial charge in [0.1, 0.15) is 11.1 Å². The Labute approximate surface area is 167 Å². The minimum absolute atomic E-state index is 2.52. The van der Waals surface area contributed by atoms with Crippen molar-refractivity contribution >= 4 is 28.9 Å². The Bertz CT molecular complexity index is 1110. The molecule has 0 unspecified atom stereocenters. The highest BCUT2D eigenvalue weighted by atomic mass is 19.2. The van der Waals surface area contributed by atoms with Crippen LogP contribution in [-0.4, -0.2) is 28.9 Å². The lowest BCUT2D eigenvalue weighted by atomic mass is 9.96. The highest BCUT2D eigenvalue weighted by molar-refractivity contribution is 6.88. The van der Waals surface area contributed by atoms with Crippen molar-refractivity contribution in [3.63, 3.8) is 0 Å². The molecule has 0 spiro atoms. The Kier molecular flexibility index (Phi) is 6.33. The number of carbonyl (C=O) groups excluding carboxylic acids is 5. The number of hydrogen-bond acceptors (Lipinski definition) is 5. The standard InChI is InChI=1S/C17F10O5/c18-3-1(4(19)8(23)11(26)7(3)22)13(28)15(30)17(32)16(31)14(29)2-5(20)9(24)12(27)10(25)6(2)21. The minimum Gasteiger partial charge on any atom is -0.284 e. The van der Waals surface area contributed by atoms with Gasteiger partial charge in [0.2, 0.25) is 23.2 Å². The highest BCUT2D eigenvalue weighted by Gasteiger charge is 2.41. The van der Waals surface area contributed by atoms with Gasteiger partial charge in [-0.3, -0.25) is 24.0 Å². The van der Waals surface area contributed by atoms with E-state index in [0.29, 0.717) is 0 Å². The summed E-state index contributed by atoms with van der Waals surface area (Å²) in [5.74, 6) is -42.6. The topological polar surface area (TPSA) is 85.3 Å². The Hall–Kier alpha value is -3.91. The van der Waals surface area contributed by atoms with Gasteiger partial charge in [-0.25, -0.2) is 43.9 Å². The lowest BCUT2D eigenvalue weighted by Gasteiger charge is -2.07. The first-order chi connectivity index (χ1) is 14.7. The zero-order valence-electron chi connectivity index (χ0n) is 14.3. The number of carbonyl (C=O) groups is 5. The van der Waals surface area contributed by atoms with Gasteiger partial charge in [-0.2, -0.15) is 0 Å². The van der Waals surface area contributed by atoms with Crippen molar-refractivity contribution in [1.82, 2.24) is 0 Å². The zero-order chi connectivity index (χ0) is 24.8. The molecule has 0 heterocycles. The summed E-state index contributed by atoms with van der Waals surface area (Å²) in [7, 11) is 0. The van der Waals surface area contributed by atoms with Crippen molar-refractivity contribution in [2.45, 2.75) is 0 Å². The molecular formula is C17F10O5. The summed E-state index contributed by atoms with van der Waals surface area (Å²) >= 11 is 0. The quantitative estimate of drug-likeness (QED) is 0.161. The maximum absolute atomic E-state index is 13.6. The van der Waals surface area contributed by atoms with E-state index in [1.165, 1.54) is 0 Å². The summed E-state index contributed by atoms with van der Waals surface area (Å²) in [6.07, 6.45) is 0. The summed E-state index contributed by atoms with van der Waals surface area (Å²) < 4.78 is 133. The Balaban J connectivity index is 2.50. The van der Waals surface area contributed by atoms with E-state index >= 15 is 0 Å². The fourth-order valence-corrected chi connectivity index (χ4v) is 2.14. The van der Waals surface area contributed by atoms with Crippen LogP contribution in [-0.2, 0) is 14.4 Å². The van der Waals surface area contributed by atoms with Crippen LogP contribution in [0, 0.1) is 58.2 Å². The number of Topliss-reactive ketones (excluding diaryl/α,β-unsaturated/α-hetero) is 5. The largest absolute Gasteiger partial charge is 0.284 e. The van der Waals surface area contributed by atoms with E-state index in [1.54, 1.807) is 0 Å². The molecule has 0 aliphatic rings. The van der Waals surface area contributed by atoms with Crippen molar-refractivity contribution in [2.24, 2.45) is 0 Å². The molecule has 32 heavy (non-hydrogen) atoms. The fraction of sp³-hybridized carbons (Fsp3) is 0. The Morgan fingerprint density at radius 2 is 0.500 bits per heavy atom. The second-order valence-corrected chi connectivity index (χ2v) is 5.54. The summed E-state index contributed by atoms with van der Waals surface area (Å²) in [4.78, 5) is 58.4. The second kappa shape index (κ2) is 8.32. The van der Waals surface area contributed by atoms with Gasteiger partial charge in [0, 0.05) is 0 Å². The minimum atomic E-state index is -2.94. The Morgan fingerprint density at radius 1 is 0.312 bits per heavy atom. The SMILES string of the molecule is O=C(C(=O)C(=O)c1c(F)c(F)c(F)c(F)c1F)C(=O)C(=O)c1c(F)c(F)c(F)c(F)c1F. The fourth-order valence-electron chi connectivity index (χ4n) is 2.14. The summed E-state index contributed by atoms with van der Waals surface area (Å²) in [5.41, 5.74) is -5.03. The van der Waals surface area contributed by atoms with E-state index in [9.17, 15) is 67.9 Å². The van der Waals surface area contributed by atoms with Crippen molar-refractivity contribution in [3.8, 4) is 0 Å². The molecule has 0 aliphatic heterocycles. The lowest BCUT2D eigenvalue weighted by molar-refractivity contribution is -0.140. The first-order valence-corrected chi connectivity index (χ1v) is 7.41. The van der Waals surface area contributed by atoms with Crippen molar-refractivity contribution in [1.29, 1.82) is 0 Å². The average Bonchev–Trinajstić information content (AvgIpc) is 2.77.